The zero-order chi connectivity index (χ0) is 9.84. The van der Waals surface area contributed by atoms with E-state index >= 15 is 0 Å². The molecular weight excluding hydrogens is 171 g/mol. The summed E-state index contributed by atoms with van der Waals surface area (Å²) in [4.78, 5) is 0. The Morgan fingerprint density at radius 1 is 1.23 bits per heavy atom. The lowest BCUT2D eigenvalue weighted by molar-refractivity contribution is 0.337. The fraction of sp³-hybridized carbons (Fsp3) is 0.400. The third-order valence-corrected chi connectivity index (χ3v) is 1.90. The molecular formula is C10H13FO2. The van der Waals surface area contributed by atoms with Gasteiger partial charge in [-0.05, 0) is 24.1 Å². The van der Waals surface area contributed by atoms with E-state index in [1.165, 1.54) is 20.3 Å². The van der Waals surface area contributed by atoms with Crippen LogP contribution in [-0.2, 0) is 6.42 Å². The van der Waals surface area contributed by atoms with Crippen molar-refractivity contribution in [1.29, 1.82) is 0 Å². The van der Waals surface area contributed by atoms with Crippen molar-refractivity contribution < 1.29 is 13.9 Å². The van der Waals surface area contributed by atoms with Gasteiger partial charge < -0.3 is 9.47 Å². The van der Waals surface area contributed by atoms with Crippen LogP contribution in [0.1, 0.15) is 12.5 Å². The number of methoxy groups -OCH3 is 2. The minimum absolute atomic E-state index is 0.166. The Balaban J connectivity index is 3.20. The van der Waals surface area contributed by atoms with Gasteiger partial charge in [-0.3, -0.25) is 0 Å². The van der Waals surface area contributed by atoms with Crippen molar-refractivity contribution >= 4 is 0 Å². The van der Waals surface area contributed by atoms with E-state index in [2.05, 4.69) is 0 Å². The van der Waals surface area contributed by atoms with Crippen LogP contribution in [0.3, 0.4) is 0 Å². The number of halogens is 1. The van der Waals surface area contributed by atoms with E-state index in [9.17, 15) is 4.39 Å². The number of hydrogen-bond acceptors (Lipinski definition) is 2. The predicted molar refractivity (Wildman–Crippen MR) is 48.9 cm³/mol. The Kier molecular flexibility index (Phi) is 3.12. The van der Waals surface area contributed by atoms with Crippen molar-refractivity contribution in [3.63, 3.8) is 0 Å². The van der Waals surface area contributed by atoms with Crippen LogP contribution in [0.4, 0.5) is 4.39 Å². The molecule has 0 fully saturated rings. The standard InChI is InChI=1S/C10H13FO2/c1-4-7-5-8(11)10(13-3)9(6-7)12-2/h5-6H,4H2,1-3H3. The summed E-state index contributed by atoms with van der Waals surface area (Å²) in [6.07, 6.45) is 0.775. The molecule has 0 heterocycles. The van der Waals surface area contributed by atoms with Crippen LogP contribution in [0, 0.1) is 5.82 Å². The van der Waals surface area contributed by atoms with Gasteiger partial charge in [0.25, 0.3) is 0 Å². The van der Waals surface area contributed by atoms with Gasteiger partial charge in [-0.1, -0.05) is 6.92 Å². The number of aryl methyl sites for hydroxylation is 1. The Bertz CT molecular complexity index is 297. The molecule has 0 spiro atoms. The third kappa shape index (κ3) is 1.91. The van der Waals surface area contributed by atoms with Crippen molar-refractivity contribution in [2.45, 2.75) is 13.3 Å². The second-order valence-electron chi connectivity index (χ2n) is 2.67. The maximum atomic E-state index is 13.3. The van der Waals surface area contributed by atoms with Gasteiger partial charge in [0.2, 0.25) is 0 Å². The molecule has 72 valence electrons. The van der Waals surface area contributed by atoms with E-state index in [1.54, 1.807) is 6.07 Å². The fourth-order valence-electron chi connectivity index (χ4n) is 1.18. The van der Waals surface area contributed by atoms with Crippen LogP contribution in [0.2, 0.25) is 0 Å². The molecule has 0 saturated carbocycles. The van der Waals surface area contributed by atoms with Crippen molar-refractivity contribution in [1.82, 2.24) is 0 Å². The van der Waals surface area contributed by atoms with Gasteiger partial charge in [0.15, 0.2) is 17.3 Å². The van der Waals surface area contributed by atoms with Crippen molar-refractivity contribution in [3.8, 4) is 11.5 Å². The Hall–Kier alpha value is -1.25. The predicted octanol–water partition coefficient (Wildman–Crippen LogP) is 2.41. The second kappa shape index (κ2) is 4.12. The number of benzene rings is 1. The van der Waals surface area contributed by atoms with Crippen LogP contribution in [0.25, 0.3) is 0 Å². The highest BCUT2D eigenvalue weighted by Gasteiger charge is 2.10. The first-order valence-corrected chi connectivity index (χ1v) is 4.13. The van der Waals surface area contributed by atoms with E-state index in [0.29, 0.717) is 5.75 Å². The van der Waals surface area contributed by atoms with Gasteiger partial charge in [0.1, 0.15) is 0 Å². The van der Waals surface area contributed by atoms with Crippen LogP contribution in [0.5, 0.6) is 11.5 Å². The van der Waals surface area contributed by atoms with E-state index in [-0.39, 0.29) is 11.6 Å². The second-order valence-corrected chi connectivity index (χ2v) is 2.67. The Labute approximate surface area is 77.3 Å². The largest absolute Gasteiger partial charge is 0.493 e. The third-order valence-electron chi connectivity index (χ3n) is 1.90. The first-order chi connectivity index (χ1) is 6.22. The van der Waals surface area contributed by atoms with Gasteiger partial charge >= 0.3 is 0 Å². The lowest BCUT2D eigenvalue weighted by atomic mass is 10.1. The highest BCUT2D eigenvalue weighted by atomic mass is 19.1. The summed E-state index contributed by atoms with van der Waals surface area (Å²) in [5.74, 6) is 0.234. The summed E-state index contributed by atoms with van der Waals surface area (Å²) in [6.45, 7) is 1.96. The molecule has 0 N–H and O–H groups in total. The Morgan fingerprint density at radius 2 is 1.92 bits per heavy atom. The monoisotopic (exact) mass is 184 g/mol. The molecule has 1 aromatic carbocycles. The van der Waals surface area contributed by atoms with Gasteiger partial charge in [0, 0.05) is 0 Å². The molecule has 0 aliphatic carbocycles. The van der Waals surface area contributed by atoms with E-state index < -0.39 is 0 Å². The average molecular weight is 184 g/mol. The zero-order valence-electron chi connectivity index (χ0n) is 8.06. The smallest absolute Gasteiger partial charge is 0.196 e. The van der Waals surface area contributed by atoms with Gasteiger partial charge in [-0.25, -0.2) is 4.39 Å². The van der Waals surface area contributed by atoms with Crippen LogP contribution >= 0.6 is 0 Å². The lowest BCUT2D eigenvalue weighted by Crippen LogP contribution is -1.95. The van der Waals surface area contributed by atoms with Crippen molar-refractivity contribution in [3.05, 3.63) is 23.5 Å². The molecule has 3 heteroatoms. The van der Waals surface area contributed by atoms with Crippen molar-refractivity contribution in [2.24, 2.45) is 0 Å². The lowest BCUT2D eigenvalue weighted by Gasteiger charge is -2.09. The molecule has 0 aromatic heterocycles. The van der Waals surface area contributed by atoms with Crippen molar-refractivity contribution in [2.75, 3.05) is 14.2 Å². The van der Waals surface area contributed by atoms with Gasteiger partial charge in [-0.2, -0.15) is 0 Å². The highest BCUT2D eigenvalue weighted by Crippen LogP contribution is 2.31. The summed E-state index contributed by atoms with van der Waals surface area (Å²) >= 11 is 0. The number of rotatable bonds is 3. The summed E-state index contributed by atoms with van der Waals surface area (Å²) in [7, 11) is 2.92. The summed E-state index contributed by atoms with van der Waals surface area (Å²) in [5, 5.41) is 0. The summed E-state index contributed by atoms with van der Waals surface area (Å²) < 4.78 is 23.1. The molecule has 0 saturated heterocycles. The quantitative estimate of drug-likeness (QED) is 0.718. The minimum Gasteiger partial charge on any atom is -0.493 e. The summed E-state index contributed by atoms with van der Waals surface area (Å²) in [5.41, 5.74) is 0.898. The first kappa shape index (κ1) is 9.84. The summed E-state index contributed by atoms with van der Waals surface area (Å²) in [6, 6.07) is 3.24. The molecule has 1 aromatic rings. The Morgan fingerprint density at radius 3 is 2.38 bits per heavy atom. The van der Waals surface area contributed by atoms with Gasteiger partial charge in [-0.15, -0.1) is 0 Å². The fourth-order valence-corrected chi connectivity index (χ4v) is 1.18. The molecule has 0 aliphatic heterocycles. The maximum Gasteiger partial charge on any atom is 0.196 e. The van der Waals surface area contributed by atoms with Crippen LogP contribution in [0.15, 0.2) is 12.1 Å². The van der Waals surface area contributed by atoms with E-state index in [0.717, 1.165) is 12.0 Å². The SMILES string of the molecule is CCc1cc(F)c(OC)c(OC)c1. The van der Waals surface area contributed by atoms with Gasteiger partial charge in [0.05, 0.1) is 14.2 Å². The molecule has 0 unspecified atom stereocenters. The normalized spacial score (nSPS) is 9.85. The number of ether oxygens (including phenoxy) is 2. The topological polar surface area (TPSA) is 18.5 Å². The molecule has 13 heavy (non-hydrogen) atoms. The average Bonchev–Trinajstić information content (AvgIpc) is 2.16. The maximum absolute atomic E-state index is 13.3. The van der Waals surface area contributed by atoms with E-state index in [1.807, 2.05) is 6.92 Å². The first-order valence-electron chi connectivity index (χ1n) is 4.13. The minimum atomic E-state index is -0.376. The molecule has 0 amide bonds. The molecule has 1 rings (SSSR count). The molecule has 0 atom stereocenters. The molecule has 0 radical (unpaired) electrons. The van der Waals surface area contributed by atoms with E-state index in [4.69, 9.17) is 9.47 Å². The van der Waals surface area contributed by atoms with Crippen LogP contribution in [-0.4, -0.2) is 14.2 Å². The van der Waals surface area contributed by atoms with Crippen LogP contribution < -0.4 is 9.47 Å². The number of hydrogen-bond donors (Lipinski definition) is 0. The molecule has 0 bridgehead atoms. The molecule has 2 nitrogen and oxygen atoms in total. The highest BCUT2D eigenvalue weighted by molar-refractivity contribution is 5.44. The molecule has 0 aliphatic rings. The zero-order valence-corrected chi connectivity index (χ0v) is 8.06.